The van der Waals surface area contributed by atoms with Gasteiger partial charge in [-0.05, 0) is 18.2 Å². The summed E-state index contributed by atoms with van der Waals surface area (Å²) in [6.07, 6.45) is -0.440. The molecule has 0 aromatic heterocycles. The molecule has 0 saturated carbocycles. The largest absolute Gasteiger partial charge is 0.378 e. The van der Waals surface area contributed by atoms with Crippen LogP contribution in [0.15, 0.2) is 22.7 Å². The number of hydrogen-bond donors (Lipinski definition) is 2. The number of anilines is 2. The molecule has 1 aromatic rings. The number of nitrogens with one attached hydrogen (secondary N) is 2. The Morgan fingerprint density at radius 3 is 2.67 bits per heavy atom. The fourth-order valence-electron chi connectivity index (χ4n) is 2.64. The van der Waals surface area contributed by atoms with E-state index in [-0.39, 0.29) is 30.7 Å². The third-order valence-corrected chi connectivity index (χ3v) is 4.28. The molecule has 0 radical (unpaired) electrons. The molecule has 1 amide bonds. The van der Waals surface area contributed by atoms with Crippen molar-refractivity contribution in [3.05, 3.63) is 22.7 Å². The summed E-state index contributed by atoms with van der Waals surface area (Å²) in [6.45, 7) is 4.97. The maximum Gasteiger partial charge on any atom is 0.254 e. The molecule has 0 spiro atoms. The Hall–Kier alpha value is -0.570. The molecule has 9 heteroatoms. The average molecular weight is 443 g/mol. The van der Waals surface area contributed by atoms with E-state index < -0.39 is 6.10 Å². The zero-order valence-electron chi connectivity index (χ0n) is 13.1. The average Bonchev–Trinajstić information content (AvgIpc) is 2.56. The highest BCUT2D eigenvalue weighted by Gasteiger charge is 2.23. The van der Waals surface area contributed by atoms with Crippen molar-refractivity contribution < 1.29 is 14.3 Å². The van der Waals surface area contributed by atoms with Gasteiger partial charge in [0, 0.05) is 30.7 Å². The number of carbonyl (C=O) groups excluding carboxylic acids is 1. The summed E-state index contributed by atoms with van der Waals surface area (Å²) in [5.41, 5.74) is 1.82. The van der Waals surface area contributed by atoms with E-state index in [0.29, 0.717) is 26.4 Å². The second kappa shape index (κ2) is 10.4. The number of halogens is 3. The topological polar surface area (TPSA) is 62.8 Å². The van der Waals surface area contributed by atoms with Crippen molar-refractivity contribution in [3.63, 3.8) is 0 Å². The monoisotopic (exact) mass is 441 g/mol. The van der Waals surface area contributed by atoms with Gasteiger partial charge in [-0.1, -0.05) is 15.9 Å². The Morgan fingerprint density at radius 1 is 1.25 bits per heavy atom. The van der Waals surface area contributed by atoms with E-state index in [1.807, 2.05) is 18.2 Å². The summed E-state index contributed by atoms with van der Waals surface area (Å²) in [4.78, 5) is 14.6. The van der Waals surface area contributed by atoms with Crippen molar-refractivity contribution in [2.45, 2.75) is 6.10 Å². The van der Waals surface area contributed by atoms with E-state index in [0.717, 1.165) is 35.5 Å². The van der Waals surface area contributed by atoms with Gasteiger partial charge in [0.2, 0.25) is 0 Å². The first-order chi connectivity index (χ1) is 10.7. The molecular formula is C15H22BrCl2N3O3. The van der Waals surface area contributed by atoms with Crippen LogP contribution in [0.2, 0.25) is 0 Å². The highest BCUT2D eigenvalue weighted by molar-refractivity contribution is 9.10. The van der Waals surface area contributed by atoms with Crippen LogP contribution in [0.1, 0.15) is 0 Å². The molecule has 2 aliphatic heterocycles. The third kappa shape index (κ3) is 5.47. The van der Waals surface area contributed by atoms with Crippen molar-refractivity contribution in [2.24, 2.45) is 0 Å². The molecule has 2 fully saturated rings. The van der Waals surface area contributed by atoms with Gasteiger partial charge in [-0.15, -0.1) is 24.8 Å². The van der Waals surface area contributed by atoms with Crippen LogP contribution in [0.25, 0.3) is 0 Å². The predicted octanol–water partition coefficient (Wildman–Crippen LogP) is 2.06. The van der Waals surface area contributed by atoms with Gasteiger partial charge in [0.05, 0.1) is 31.2 Å². The van der Waals surface area contributed by atoms with Crippen LogP contribution in [-0.4, -0.2) is 58.0 Å². The lowest BCUT2D eigenvalue weighted by Gasteiger charge is -2.31. The van der Waals surface area contributed by atoms with Crippen LogP contribution in [0.4, 0.5) is 11.4 Å². The normalized spacial score (nSPS) is 20.5. The number of nitrogens with zero attached hydrogens (tertiary/aromatic N) is 1. The lowest BCUT2D eigenvalue weighted by molar-refractivity contribution is -0.128. The Balaban J connectivity index is 0.00000144. The number of carbonyl (C=O) groups is 1. The summed E-state index contributed by atoms with van der Waals surface area (Å²) in [6, 6.07) is 5.93. The minimum Gasteiger partial charge on any atom is -0.378 e. The molecule has 2 N–H and O–H groups in total. The Kier molecular flexibility index (Phi) is 9.33. The molecule has 3 rings (SSSR count). The molecule has 2 saturated heterocycles. The van der Waals surface area contributed by atoms with Gasteiger partial charge in [-0.3, -0.25) is 4.79 Å². The molecule has 24 heavy (non-hydrogen) atoms. The molecule has 0 aliphatic carbocycles. The minimum atomic E-state index is -0.440. The second-order valence-electron chi connectivity index (χ2n) is 5.31. The number of rotatable bonds is 3. The van der Waals surface area contributed by atoms with Crippen LogP contribution in [0.3, 0.4) is 0 Å². The fourth-order valence-corrected chi connectivity index (χ4v) is 3.00. The molecular weight excluding hydrogens is 421 g/mol. The van der Waals surface area contributed by atoms with Crippen LogP contribution >= 0.6 is 40.7 Å². The summed E-state index contributed by atoms with van der Waals surface area (Å²) in [5, 5.41) is 6.17. The van der Waals surface area contributed by atoms with Crippen molar-refractivity contribution in [1.29, 1.82) is 0 Å². The SMILES string of the molecule is Cl.Cl.O=C(Nc1cc(Br)ccc1N1CCOCC1)C1CNCCO1. The zero-order valence-corrected chi connectivity index (χ0v) is 16.3. The summed E-state index contributed by atoms with van der Waals surface area (Å²) in [5.74, 6) is -0.111. The maximum absolute atomic E-state index is 12.4. The van der Waals surface area contributed by atoms with Gasteiger partial charge in [0.15, 0.2) is 0 Å². The van der Waals surface area contributed by atoms with Gasteiger partial charge in [-0.25, -0.2) is 0 Å². The van der Waals surface area contributed by atoms with E-state index in [9.17, 15) is 4.79 Å². The van der Waals surface area contributed by atoms with Gasteiger partial charge in [0.1, 0.15) is 6.10 Å². The summed E-state index contributed by atoms with van der Waals surface area (Å²) < 4.78 is 11.8. The third-order valence-electron chi connectivity index (χ3n) is 3.79. The van der Waals surface area contributed by atoms with Gasteiger partial charge in [-0.2, -0.15) is 0 Å². The zero-order chi connectivity index (χ0) is 15.4. The van der Waals surface area contributed by atoms with E-state index >= 15 is 0 Å². The number of ether oxygens (including phenoxy) is 2. The number of hydrogen-bond acceptors (Lipinski definition) is 5. The number of morpholine rings is 2. The minimum absolute atomic E-state index is 0. The fraction of sp³-hybridized carbons (Fsp3) is 0.533. The van der Waals surface area contributed by atoms with E-state index in [1.165, 1.54) is 0 Å². The molecule has 1 unspecified atom stereocenters. The van der Waals surface area contributed by atoms with Crippen molar-refractivity contribution in [2.75, 3.05) is 56.2 Å². The predicted molar refractivity (Wildman–Crippen MR) is 103 cm³/mol. The van der Waals surface area contributed by atoms with Gasteiger partial charge >= 0.3 is 0 Å². The van der Waals surface area contributed by atoms with Crippen LogP contribution in [-0.2, 0) is 14.3 Å². The standard InChI is InChI=1S/C15H20BrN3O3.2ClH/c16-11-1-2-13(19-4-7-21-8-5-19)12(9-11)18-15(20)14-10-17-3-6-22-14;;/h1-2,9,14,17H,3-8,10H2,(H,18,20);2*1H. The van der Waals surface area contributed by atoms with Gasteiger partial charge in [0.25, 0.3) is 5.91 Å². The van der Waals surface area contributed by atoms with Crippen LogP contribution in [0.5, 0.6) is 0 Å². The molecule has 136 valence electrons. The van der Waals surface area contributed by atoms with Crippen molar-refractivity contribution in [1.82, 2.24) is 5.32 Å². The van der Waals surface area contributed by atoms with Crippen molar-refractivity contribution >= 4 is 58.0 Å². The lowest BCUT2D eigenvalue weighted by Crippen LogP contribution is -2.45. The van der Waals surface area contributed by atoms with E-state index in [4.69, 9.17) is 9.47 Å². The first kappa shape index (κ1) is 21.5. The maximum atomic E-state index is 12.4. The van der Waals surface area contributed by atoms with Crippen molar-refractivity contribution in [3.8, 4) is 0 Å². The second-order valence-corrected chi connectivity index (χ2v) is 6.23. The van der Waals surface area contributed by atoms with E-state index in [1.54, 1.807) is 0 Å². The quantitative estimate of drug-likeness (QED) is 0.750. The van der Waals surface area contributed by atoms with Gasteiger partial charge < -0.3 is 25.0 Å². The Morgan fingerprint density at radius 2 is 2.00 bits per heavy atom. The number of benzene rings is 1. The highest BCUT2D eigenvalue weighted by Crippen LogP contribution is 2.30. The Labute approximate surface area is 162 Å². The molecule has 2 aliphatic rings. The summed E-state index contributed by atoms with van der Waals surface area (Å²) in [7, 11) is 0. The van der Waals surface area contributed by atoms with Crippen LogP contribution in [0, 0.1) is 0 Å². The molecule has 1 atom stereocenters. The highest BCUT2D eigenvalue weighted by atomic mass is 79.9. The molecule has 6 nitrogen and oxygen atoms in total. The summed E-state index contributed by atoms with van der Waals surface area (Å²) >= 11 is 3.47. The van der Waals surface area contributed by atoms with Crippen LogP contribution < -0.4 is 15.5 Å². The number of amides is 1. The first-order valence-electron chi connectivity index (χ1n) is 7.49. The van der Waals surface area contributed by atoms with E-state index in [2.05, 4.69) is 31.5 Å². The molecule has 2 heterocycles. The molecule has 1 aromatic carbocycles. The lowest BCUT2D eigenvalue weighted by atomic mass is 10.2. The first-order valence-corrected chi connectivity index (χ1v) is 8.29. The molecule has 0 bridgehead atoms. The smallest absolute Gasteiger partial charge is 0.254 e. The Bertz CT molecular complexity index is 539.